The number of rotatable bonds is 6. The summed E-state index contributed by atoms with van der Waals surface area (Å²) in [5, 5.41) is 0. The lowest BCUT2D eigenvalue weighted by atomic mass is 10.0. The lowest BCUT2D eigenvalue weighted by molar-refractivity contribution is 0.425. The normalized spacial score (nSPS) is 10.7. The highest BCUT2D eigenvalue weighted by Gasteiger charge is 2.22. The van der Waals surface area contributed by atoms with Gasteiger partial charge in [0.2, 0.25) is 0 Å². The summed E-state index contributed by atoms with van der Waals surface area (Å²) < 4.78 is 22.6. The van der Waals surface area contributed by atoms with Gasteiger partial charge in [-0.25, -0.2) is 0 Å². The maximum atomic E-state index is 6.38. The maximum Gasteiger partial charge on any atom is 0.140 e. The van der Waals surface area contributed by atoms with Gasteiger partial charge < -0.3 is 14.2 Å². The zero-order valence-electron chi connectivity index (χ0n) is 18.3. The highest BCUT2D eigenvalue weighted by Crippen LogP contribution is 2.46. The monoisotopic (exact) mass is 774 g/mol. The van der Waals surface area contributed by atoms with Gasteiger partial charge in [-0.3, -0.25) is 0 Å². The van der Waals surface area contributed by atoms with Gasteiger partial charge in [-0.2, -0.15) is 0 Å². The van der Waals surface area contributed by atoms with Gasteiger partial charge in [0, 0.05) is 27.4 Å². The van der Waals surface area contributed by atoms with E-state index in [9.17, 15) is 0 Å². The number of hydrogen-bond donors (Lipinski definition) is 0. The molecule has 6 heteroatoms. The SMILES string of the molecule is Cc1c(Oc2ccc(I)cc2)c(C)c(Oc2ccc(I)cc2)c(C)c1Oc1ccc(I)cc1. The van der Waals surface area contributed by atoms with Crippen LogP contribution < -0.4 is 14.2 Å². The molecule has 0 aromatic heterocycles. The van der Waals surface area contributed by atoms with Gasteiger partial charge in [0.25, 0.3) is 0 Å². The molecule has 3 nitrogen and oxygen atoms in total. The van der Waals surface area contributed by atoms with E-state index in [1.807, 2.05) is 93.6 Å². The summed E-state index contributed by atoms with van der Waals surface area (Å²) in [5.74, 6) is 4.52. The molecule has 4 aromatic rings. The molecule has 4 aromatic carbocycles. The van der Waals surface area contributed by atoms with Crippen molar-refractivity contribution in [1.29, 1.82) is 0 Å². The van der Waals surface area contributed by atoms with E-state index in [2.05, 4.69) is 67.8 Å². The Bertz CT molecular complexity index is 1080. The third-order valence-electron chi connectivity index (χ3n) is 5.14. The summed E-state index contributed by atoms with van der Waals surface area (Å²) in [5.41, 5.74) is 2.78. The first-order valence-corrected chi connectivity index (χ1v) is 13.5. The lowest BCUT2D eigenvalue weighted by Gasteiger charge is -2.22. The summed E-state index contributed by atoms with van der Waals surface area (Å²) in [6.45, 7) is 6.08. The minimum Gasteiger partial charge on any atom is -0.457 e. The molecule has 0 amide bonds. The Labute approximate surface area is 235 Å². The molecule has 0 saturated carbocycles. The van der Waals surface area contributed by atoms with Crippen LogP contribution in [0.4, 0.5) is 0 Å². The second-order valence-electron chi connectivity index (χ2n) is 7.53. The molecule has 4 rings (SSSR count). The second kappa shape index (κ2) is 10.8. The van der Waals surface area contributed by atoms with E-state index in [1.165, 1.54) is 0 Å². The first-order chi connectivity index (χ1) is 15.8. The van der Waals surface area contributed by atoms with Crippen LogP contribution in [0, 0.1) is 31.5 Å². The minimum absolute atomic E-state index is 0.739. The molecule has 168 valence electrons. The molecule has 0 heterocycles. The molecule has 33 heavy (non-hydrogen) atoms. The Morgan fingerprint density at radius 1 is 0.394 bits per heavy atom. The summed E-state index contributed by atoms with van der Waals surface area (Å²) in [6.07, 6.45) is 0. The average molecular weight is 774 g/mol. The van der Waals surface area contributed by atoms with Crippen LogP contribution in [0.1, 0.15) is 16.7 Å². The molecule has 0 N–H and O–H groups in total. The van der Waals surface area contributed by atoms with Crippen molar-refractivity contribution >= 4 is 67.8 Å². The molecular formula is C27H21I3O3. The zero-order chi connectivity index (χ0) is 23.5. The van der Waals surface area contributed by atoms with E-state index in [4.69, 9.17) is 14.2 Å². The van der Waals surface area contributed by atoms with Crippen molar-refractivity contribution in [3.8, 4) is 34.5 Å². The summed E-state index contributed by atoms with van der Waals surface area (Å²) in [7, 11) is 0. The van der Waals surface area contributed by atoms with Gasteiger partial charge in [-0.15, -0.1) is 0 Å². The molecule has 0 fully saturated rings. The van der Waals surface area contributed by atoms with Crippen molar-refractivity contribution in [1.82, 2.24) is 0 Å². The Morgan fingerprint density at radius 2 is 0.606 bits per heavy atom. The fraction of sp³-hybridized carbons (Fsp3) is 0.111. The smallest absolute Gasteiger partial charge is 0.140 e. The van der Waals surface area contributed by atoms with E-state index in [0.717, 1.165) is 61.9 Å². The van der Waals surface area contributed by atoms with Crippen molar-refractivity contribution in [2.75, 3.05) is 0 Å². The first kappa shape index (κ1) is 24.6. The minimum atomic E-state index is 0.739. The average Bonchev–Trinajstić information content (AvgIpc) is 2.81. The van der Waals surface area contributed by atoms with Gasteiger partial charge in [0.05, 0.1) is 0 Å². The number of hydrogen-bond acceptors (Lipinski definition) is 3. The predicted octanol–water partition coefficient (Wildman–Crippen LogP) is 9.80. The summed E-state index contributed by atoms with van der Waals surface area (Å²) in [6, 6.07) is 24.0. The largest absolute Gasteiger partial charge is 0.457 e. The standard InChI is InChI=1S/C27H21I3O3/c1-16-25(31-22-10-4-19(28)5-11-22)17(2)27(33-24-14-8-21(30)9-15-24)18(3)26(16)32-23-12-6-20(29)7-13-23/h4-15H,1-3H3. The van der Waals surface area contributed by atoms with Crippen molar-refractivity contribution in [2.24, 2.45) is 0 Å². The lowest BCUT2D eigenvalue weighted by Crippen LogP contribution is -2.01. The van der Waals surface area contributed by atoms with Crippen LogP contribution in [0.25, 0.3) is 0 Å². The molecule has 0 aliphatic heterocycles. The van der Waals surface area contributed by atoms with Crippen molar-refractivity contribution in [3.05, 3.63) is 100 Å². The quantitative estimate of drug-likeness (QED) is 0.183. The Balaban J connectivity index is 1.82. The maximum absolute atomic E-state index is 6.38. The van der Waals surface area contributed by atoms with Gasteiger partial charge >= 0.3 is 0 Å². The first-order valence-electron chi connectivity index (χ1n) is 10.3. The van der Waals surface area contributed by atoms with Crippen molar-refractivity contribution < 1.29 is 14.2 Å². The molecular weight excluding hydrogens is 753 g/mol. The predicted molar refractivity (Wildman–Crippen MR) is 158 cm³/mol. The van der Waals surface area contributed by atoms with E-state index in [0.29, 0.717) is 0 Å². The third-order valence-corrected chi connectivity index (χ3v) is 7.30. The number of ether oxygens (including phenoxy) is 3. The van der Waals surface area contributed by atoms with Gasteiger partial charge in [-0.05, 0) is 161 Å². The van der Waals surface area contributed by atoms with Gasteiger partial charge in [0.1, 0.15) is 34.5 Å². The fourth-order valence-corrected chi connectivity index (χ4v) is 4.55. The van der Waals surface area contributed by atoms with E-state index in [1.54, 1.807) is 0 Å². The molecule has 0 saturated heterocycles. The highest BCUT2D eigenvalue weighted by molar-refractivity contribution is 14.1. The van der Waals surface area contributed by atoms with Crippen LogP contribution in [0.3, 0.4) is 0 Å². The van der Waals surface area contributed by atoms with E-state index < -0.39 is 0 Å². The summed E-state index contributed by atoms with van der Waals surface area (Å²) >= 11 is 6.87. The zero-order valence-corrected chi connectivity index (χ0v) is 24.8. The second-order valence-corrected chi connectivity index (χ2v) is 11.3. The van der Waals surface area contributed by atoms with Crippen LogP contribution in [-0.2, 0) is 0 Å². The molecule has 0 unspecified atom stereocenters. The topological polar surface area (TPSA) is 27.7 Å². The molecule has 0 radical (unpaired) electrons. The molecule has 0 aliphatic carbocycles. The van der Waals surface area contributed by atoms with Crippen LogP contribution in [-0.4, -0.2) is 0 Å². The number of benzene rings is 4. The molecule has 0 spiro atoms. The van der Waals surface area contributed by atoms with E-state index >= 15 is 0 Å². The molecule has 0 bridgehead atoms. The Kier molecular flexibility index (Phi) is 8.06. The molecule has 0 atom stereocenters. The van der Waals surface area contributed by atoms with Crippen molar-refractivity contribution in [3.63, 3.8) is 0 Å². The van der Waals surface area contributed by atoms with Gasteiger partial charge in [0.15, 0.2) is 0 Å². The van der Waals surface area contributed by atoms with Gasteiger partial charge in [-0.1, -0.05) is 0 Å². The number of halogens is 3. The molecule has 0 aliphatic rings. The van der Waals surface area contributed by atoms with Crippen molar-refractivity contribution in [2.45, 2.75) is 20.8 Å². The van der Waals surface area contributed by atoms with Crippen LogP contribution >= 0.6 is 67.8 Å². The van der Waals surface area contributed by atoms with Crippen LogP contribution in [0.2, 0.25) is 0 Å². The van der Waals surface area contributed by atoms with Crippen LogP contribution in [0.15, 0.2) is 72.8 Å². The van der Waals surface area contributed by atoms with Crippen LogP contribution in [0.5, 0.6) is 34.5 Å². The van der Waals surface area contributed by atoms with E-state index in [-0.39, 0.29) is 0 Å². The summed E-state index contributed by atoms with van der Waals surface area (Å²) in [4.78, 5) is 0. The Morgan fingerprint density at radius 3 is 0.818 bits per heavy atom. The Hall–Kier alpha value is -1.53. The third kappa shape index (κ3) is 5.94. The highest BCUT2D eigenvalue weighted by atomic mass is 127. The fourth-order valence-electron chi connectivity index (χ4n) is 3.47.